The van der Waals surface area contributed by atoms with Crippen LogP contribution >= 0.6 is 0 Å². The van der Waals surface area contributed by atoms with E-state index >= 15 is 0 Å². The average Bonchev–Trinajstić information content (AvgIpc) is 2.44. The van der Waals surface area contributed by atoms with Gasteiger partial charge in [0.15, 0.2) is 0 Å². The van der Waals surface area contributed by atoms with E-state index in [9.17, 15) is 18.8 Å². The van der Waals surface area contributed by atoms with Crippen LogP contribution in [-0.4, -0.2) is 35.2 Å². The van der Waals surface area contributed by atoms with E-state index in [1.807, 2.05) is 6.92 Å². The van der Waals surface area contributed by atoms with Gasteiger partial charge in [-0.15, -0.1) is 0 Å². The third-order valence-corrected chi connectivity index (χ3v) is 3.44. The molecular formula is C14H16FN3O3. The van der Waals surface area contributed by atoms with E-state index in [4.69, 9.17) is 5.73 Å². The van der Waals surface area contributed by atoms with E-state index in [1.165, 1.54) is 12.1 Å². The lowest BCUT2D eigenvalue weighted by molar-refractivity contribution is -0.150. The molecule has 0 spiro atoms. The molecule has 1 unspecified atom stereocenters. The Hall–Kier alpha value is -2.28. The lowest BCUT2D eigenvalue weighted by Crippen LogP contribution is -2.57. The molecule has 0 bridgehead atoms. The van der Waals surface area contributed by atoms with Crippen LogP contribution in [0.3, 0.4) is 0 Å². The second-order valence-electron chi connectivity index (χ2n) is 4.83. The van der Waals surface area contributed by atoms with Crippen LogP contribution in [0.4, 0.5) is 4.39 Å². The molecular weight excluding hydrogens is 277 g/mol. The zero-order valence-corrected chi connectivity index (χ0v) is 11.6. The number of primary amides is 1. The van der Waals surface area contributed by atoms with E-state index in [1.54, 1.807) is 0 Å². The molecule has 1 fully saturated rings. The fourth-order valence-corrected chi connectivity index (χ4v) is 2.19. The first-order valence-corrected chi connectivity index (χ1v) is 6.59. The van der Waals surface area contributed by atoms with Gasteiger partial charge in [-0.3, -0.25) is 24.6 Å². The summed E-state index contributed by atoms with van der Waals surface area (Å²) >= 11 is 0. The third kappa shape index (κ3) is 3.08. The first kappa shape index (κ1) is 15.1. The monoisotopic (exact) mass is 293 g/mol. The quantitative estimate of drug-likeness (QED) is 0.774. The van der Waals surface area contributed by atoms with E-state index in [0.717, 1.165) is 11.0 Å². The van der Waals surface area contributed by atoms with Gasteiger partial charge in [0.05, 0.1) is 19.1 Å². The predicted octanol–water partition coefficient (Wildman–Crippen LogP) is 0.162. The summed E-state index contributed by atoms with van der Waals surface area (Å²) in [5.41, 5.74) is 5.27. The molecule has 1 atom stereocenters. The predicted molar refractivity (Wildman–Crippen MR) is 72.6 cm³/mol. The van der Waals surface area contributed by atoms with Crippen LogP contribution < -0.4 is 11.1 Å². The molecule has 1 aromatic rings. The Morgan fingerprint density at radius 2 is 2.19 bits per heavy atom. The van der Waals surface area contributed by atoms with Crippen molar-refractivity contribution in [3.8, 4) is 0 Å². The van der Waals surface area contributed by atoms with Gasteiger partial charge in [-0.1, -0.05) is 13.0 Å². The minimum atomic E-state index is -0.735. The maximum atomic E-state index is 13.9. The van der Waals surface area contributed by atoms with Gasteiger partial charge in [0.25, 0.3) is 0 Å². The summed E-state index contributed by atoms with van der Waals surface area (Å²) in [6.45, 7) is 1.72. The van der Waals surface area contributed by atoms with Crippen LogP contribution in [0.2, 0.25) is 0 Å². The van der Waals surface area contributed by atoms with Gasteiger partial charge in [-0.05, 0) is 18.6 Å². The molecule has 1 aliphatic heterocycles. The fraction of sp³-hybridized carbons (Fsp3) is 0.357. The SMILES string of the molecule is CCC1NCC(=O)N(Cc2ccc(C(N)=O)cc2F)C1=O. The van der Waals surface area contributed by atoms with Gasteiger partial charge in [0, 0.05) is 11.1 Å². The van der Waals surface area contributed by atoms with Crippen molar-refractivity contribution in [2.75, 3.05) is 6.54 Å². The van der Waals surface area contributed by atoms with Crippen LogP contribution in [0.5, 0.6) is 0 Å². The van der Waals surface area contributed by atoms with Crippen molar-refractivity contribution >= 4 is 17.7 Å². The number of nitrogens with one attached hydrogen (secondary N) is 1. The van der Waals surface area contributed by atoms with Crippen LogP contribution in [0.1, 0.15) is 29.3 Å². The molecule has 0 radical (unpaired) electrons. The lowest BCUT2D eigenvalue weighted by Gasteiger charge is -2.31. The van der Waals surface area contributed by atoms with Crippen molar-refractivity contribution in [1.29, 1.82) is 0 Å². The van der Waals surface area contributed by atoms with Crippen molar-refractivity contribution in [1.82, 2.24) is 10.2 Å². The average molecular weight is 293 g/mol. The maximum Gasteiger partial charge on any atom is 0.248 e. The van der Waals surface area contributed by atoms with Gasteiger partial charge in [-0.25, -0.2) is 4.39 Å². The summed E-state index contributed by atoms with van der Waals surface area (Å²) in [5, 5.41) is 2.83. The molecule has 3 amide bonds. The molecule has 1 heterocycles. The number of halogens is 1. The zero-order chi connectivity index (χ0) is 15.6. The van der Waals surface area contributed by atoms with E-state index in [0.29, 0.717) is 6.42 Å². The van der Waals surface area contributed by atoms with Crippen LogP contribution in [0.25, 0.3) is 0 Å². The Morgan fingerprint density at radius 1 is 1.48 bits per heavy atom. The summed E-state index contributed by atoms with van der Waals surface area (Å²) in [7, 11) is 0. The van der Waals surface area contributed by atoms with Crippen molar-refractivity contribution in [3.05, 3.63) is 35.1 Å². The van der Waals surface area contributed by atoms with Gasteiger partial charge in [0.1, 0.15) is 5.82 Å². The van der Waals surface area contributed by atoms with Gasteiger partial charge >= 0.3 is 0 Å². The number of carbonyl (C=O) groups is 3. The Morgan fingerprint density at radius 3 is 2.76 bits per heavy atom. The molecule has 112 valence electrons. The Bertz CT molecular complexity index is 603. The number of amides is 3. The highest BCUT2D eigenvalue weighted by Gasteiger charge is 2.33. The number of nitrogens with zero attached hydrogens (tertiary/aromatic N) is 1. The molecule has 7 heteroatoms. The number of hydrogen-bond donors (Lipinski definition) is 2. The van der Waals surface area contributed by atoms with Crippen LogP contribution in [0, 0.1) is 5.82 Å². The molecule has 3 N–H and O–H groups in total. The topological polar surface area (TPSA) is 92.5 Å². The molecule has 1 saturated heterocycles. The molecule has 21 heavy (non-hydrogen) atoms. The molecule has 0 aromatic heterocycles. The molecule has 2 rings (SSSR count). The zero-order valence-electron chi connectivity index (χ0n) is 11.6. The highest BCUT2D eigenvalue weighted by Crippen LogP contribution is 2.16. The number of hydrogen-bond acceptors (Lipinski definition) is 4. The highest BCUT2D eigenvalue weighted by molar-refractivity contribution is 6.01. The van der Waals surface area contributed by atoms with Crippen molar-refractivity contribution in [3.63, 3.8) is 0 Å². The Labute approximate surface area is 121 Å². The second-order valence-corrected chi connectivity index (χ2v) is 4.83. The van der Waals surface area contributed by atoms with E-state index in [-0.39, 0.29) is 30.1 Å². The highest BCUT2D eigenvalue weighted by atomic mass is 19.1. The first-order valence-electron chi connectivity index (χ1n) is 6.59. The number of imide groups is 1. The summed E-state index contributed by atoms with van der Waals surface area (Å²) < 4.78 is 13.9. The number of benzene rings is 1. The smallest absolute Gasteiger partial charge is 0.248 e. The maximum absolute atomic E-state index is 13.9. The summed E-state index contributed by atoms with van der Waals surface area (Å²) in [4.78, 5) is 35.9. The van der Waals surface area contributed by atoms with Crippen molar-refractivity contribution in [2.24, 2.45) is 5.73 Å². The normalized spacial score (nSPS) is 19.0. The Balaban J connectivity index is 2.22. The van der Waals surface area contributed by atoms with Crippen molar-refractivity contribution < 1.29 is 18.8 Å². The number of piperazine rings is 1. The Kier molecular flexibility index (Phi) is 4.32. The number of rotatable bonds is 4. The minimum Gasteiger partial charge on any atom is -0.366 e. The molecule has 0 aliphatic carbocycles. The lowest BCUT2D eigenvalue weighted by atomic mass is 10.1. The van der Waals surface area contributed by atoms with Crippen LogP contribution in [0.15, 0.2) is 18.2 Å². The van der Waals surface area contributed by atoms with Gasteiger partial charge in [0.2, 0.25) is 17.7 Å². The van der Waals surface area contributed by atoms with E-state index < -0.39 is 23.7 Å². The van der Waals surface area contributed by atoms with Gasteiger partial charge < -0.3 is 5.73 Å². The number of nitrogens with two attached hydrogens (primary N) is 1. The van der Waals surface area contributed by atoms with Gasteiger partial charge in [-0.2, -0.15) is 0 Å². The fourth-order valence-electron chi connectivity index (χ4n) is 2.19. The molecule has 1 aromatic carbocycles. The van der Waals surface area contributed by atoms with Crippen LogP contribution in [-0.2, 0) is 16.1 Å². The largest absolute Gasteiger partial charge is 0.366 e. The molecule has 1 aliphatic rings. The molecule has 6 nitrogen and oxygen atoms in total. The summed E-state index contributed by atoms with van der Waals surface area (Å²) in [5.74, 6) is -2.17. The summed E-state index contributed by atoms with van der Waals surface area (Å²) in [6.07, 6.45) is 0.547. The second kappa shape index (κ2) is 6.01. The first-order chi connectivity index (χ1) is 9.93. The van der Waals surface area contributed by atoms with E-state index in [2.05, 4.69) is 5.32 Å². The molecule has 0 saturated carbocycles. The third-order valence-electron chi connectivity index (χ3n) is 3.44. The standard InChI is InChI=1S/C14H16FN3O3/c1-2-11-14(21)18(12(19)6-17-11)7-9-4-3-8(13(16)20)5-10(9)15/h3-5,11,17H,2,6-7H2,1H3,(H2,16,20). The van der Waals surface area contributed by atoms with Crippen molar-refractivity contribution in [2.45, 2.75) is 25.9 Å². The summed E-state index contributed by atoms with van der Waals surface area (Å²) in [6, 6.07) is 3.30. The number of carbonyl (C=O) groups excluding carboxylic acids is 3. The minimum absolute atomic E-state index is 0.0423.